The number of hydrazone groups is 1. The molecule has 0 heterocycles. The fraction of sp³-hybridized carbons (Fsp3) is 0.250. The zero-order chi connectivity index (χ0) is 24.9. The molecule has 0 radical (unpaired) electrons. The second kappa shape index (κ2) is 13.5. The van der Waals surface area contributed by atoms with Crippen LogP contribution in [0.15, 0.2) is 77.9 Å². The fourth-order valence-corrected chi connectivity index (χ4v) is 2.96. The molecule has 1 amide bonds. The smallest absolute Gasteiger partial charge is 0.343 e. The Morgan fingerprint density at radius 1 is 0.743 bits per heavy atom. The van der Waals surface area contributed by atoms with E-state index in [4.69, 9.17) is 14.2 Å². The minimum atomic E-state index is -0.454. The van der Waals surface area contributed by atoms with Gasteiger partial charge in [-0.05, 0) is 91.2 Å². The van der Waals surface area contributed by atoms with Gasteiger partial charge in [0.15, 0.2) is 0 Å². The topological polar surface area (TPSA) is 86.2 Å². The summed E-state index contributed by atoms with van der Waals surface area (Å²) in [5, 5.41) is 3.99. The number of unbranched alkanes of at least 4 members (excludes halogenated alkanes) is 1. The lowest BCUT2D eigenvalue weighted by Gasteiger charge is -2.07. The van der Waals surface area contributed by atoms with Crippen LogP contribution in [0.1, 0.15) is 59.4 Å². The van der Waals surface area contributed by atoms with Crippen LogP contribution >= 0.6 is 0 Å². The number of amides is 1. The zero-order valence-corrected chi connectivity index (χ0v) is 20.0. The van der Waals surface area contributed by atoms with E-state index in [9.17, 15) is 9.59 Å². The zero-order valence-electron chi connectivity index (χ0n) is 20.0. The third-order valence-electron chi connectivity index (χ3n) is 4.92. The summed E-state index contributed by atoms with van der Waals surface area (Å²) in [6.07, 6.45) is 4.48. The van der Waals surface area contributed by atoms with Crippen LogP contribution in [0, 0.1) is 0 Å². The lowest BCUT2D eigenvalue weighted by molar-refractivity contribution is 0.0734. The van der Waals surface area contributed by atoms with Gasteiger partial charge in [0, 0.05) is 5.56 Å². The van der Waals surface area contributed by atoms with Gasteiger partial charge in [-0.25, -0.2) is 10.2 Å². The summed E-state index contributed by atoms with van der Waals surface area (Å²) in [6, 6.07) is 20.6. The number of esters is 1. The summed E-state index contributed by atoms with van der Waals surface area (Å²) in [5.41, 5.74) is 4.15. The molecule has 3 aromatic carbocycles. The van der Waals surface area contributed by atoms with Crippen molar-refractivity contribution in [3.05, 3.63) is 89.5 Å². The normalized spacial score (nSPS) is 10.7. The summed E-state index contributed by atoms with van der Waals surface area (Å²) in [5.74, 6) is 1.08. The quantitative estimate of drug-likeness (QED) is 0.121. The SMILES string of the molecule is CCCCOc1ccc(C(=O)Oc2ccc(C=NNC(=O)c3ccc(OCCC)cc3)cc2)cc1. The van der Waals surface area contributed by atoms with E-state index in [1.54, 1.807) is 72.8 Å². The Balaban J connectivity index is 1.47. The molecule has 0 aliphatic heterocycles. The van der Waals surface area contributed by atoms with Crippen molar-refractivity contribution < 1.29 is 23.8 Å². The highest BCUT2D eigenvalue weighted by Gasteiger charge is 2.09. The van der Waals surface area contributed by atoms with Crippen LogP contribution in [0.5, 0.6) is 17.2 Å². The molecule has 7 nitrogen and oxygen atoms in total. The molecule has 3 rings (SSSR count). The molecule has 182 valence electrons. The van der Waals surface area contributed by atoms with Crippen LogP contribution < -0.4 is 19.6 Å². The first-order valence-corrected chi connectivity index (χ1v) is 11.7. The molecule has 0 fully saturated rings. The predicted molar refractivity (Wildman–Crippen MR) is 136 cm³/mol. The van der Waals surface area contributed by atoms with Crippen molar-refractivity contribution in [1.82, 2.24) is 5.43 Å². The highest BCUT2D eigenvalue weighted by Crippen LogP contribution is 2.17. The summed E-state index contributed by atoms with van der Waals surface area (Å²) in [4.78, 5) is 24.6. The summed E-state index contributed by atoms with van der Waals surface area (Å²) >= 11 is 0. The summed E-state index contributed by atoms with van der Waals surface area (Å²) in [7, 11) is 0. The van der Waals surface area contributed by atoms with Crippen molar-refractivity contribution in [2.75, 3.05) is 13.2 Å². The standard InChI is InChI=1S/C28H30N2O5/c1-3-5-19-34-25-16-10-23(11-17-25)28(32)35-26-12-6-21(7-13-26)20-29-30-27(31)22-8-14-24(15-9-22)33-18-4-2/h6-17,20H,3-5,18-19H2,1-2H3,(H,30,31). The number of rotatable bonds is 12. The van der Waals surface area contributed by atoms with Gasteiger partial charge in [-0.2, -0.15) is 5.10 Å². The van der Waals surface area contributed by atoms with Gasteiger partial charge in [-0.1, -0.05) is 20.3 Å². The first-order valence-electron chi connectivity index (χ1n) is 11.7. The molecule has 0 aliphatic rings. The Morgan fingerprint density at radius 3 is 1.91 bits per heavy atom. The molecule has 0 saturated carbocycles. The Morgan fingerprint density at radius 2 is 1.31 bits per heavy atom. The van der Waals surface area contributed by atoms with Gasteiger partial charge >= 0.3 is 5.97 Å². The molecule has 7 heteroatoms. The Hall–Kier alpha value is -4.13. The lowest BCUT2D eigenvalue weighted by atomic mass is 10.2. The van der Waals surface area contributed by atoms with E-state index < -0.39 is 5.97 Å². The highest BCUT2D eigenvalue weighted by molar-refractivity contribution is 5.95. The first kappa shape index (κ1) is 25.5. The molecule has 0 spiro atoms. The predicted octanol–water partition coefficient (Wildman–Crippen LogP) is 5.64. The third-order valence-corrected chi connectivity index (χ3v) is 4.92. The Bertz CT molecular complexity index is 1110. The molecule has 0 saturated heterocycles. The largest absolute Gasteiger partial charge is 0.494 e. The molecule has 0 atom stereocenters. The summed E-state index contributed by atoms with van der Waals surface area (Å²) < 4.78 is 16.5. The van der Waals surface area contributed by atoms with E-state index in [1.165, 1.54) is 6.21 Å². The molecule has 1 N–H and O–H groups in total. The monoisotopic (exact) mass is 474 g/mol. The minimum Gasteiger partial charge on any atom is -0.494 e. The second-order valence-electron chi connectivity index (χ2n) is 7.76. The van der Waals surface area contributed by atoms with Crippen molar-refractivity contribution in [2.45, 2.75) is 33.1 Å². The van der Waals surface area contributed by atoms with E-state index >= 15 is 0 Å². The van der Waals surface area contributed by atoms with Crippen molar-refractivity contribution in [3.63, 3.8) is 0 Å². The number of carbonyl (C=O) groups is 2. The van der Waals surface area contributed by atoms with Crippen molar-refractivity contribution in [1.29, 1.82) is 0 Å². The Kier molecular flexibility index (Phi) is 9.87. The number of benzene rings is 3. The van der Waals surface area contributed by atoms with E-state index in [1.807, 2.05) is 6.92 Å². The molecule has 35 heavy (non-hydrogen) atoms. The van der Waals surface area contributed by atoms with Crippen LogP contribution in [0.25, 0.3) is 0 Å². The van der Waals surface area contributed by atoms with Crippen LogP contribution in [0.2, 0.25) is 0 Å². The van der Waals surface area contributed by atoms with Gasteiger partial charge in [0.1, 0.15) is 17.2 Å². The van der Waals surface area contributed by atoms with E-state index in [-0.39, 0.29) is 5.91 Å². The van der Waals surface area contributed by atoms with Gasteiger partial charge in [-0.15, -0.1) is 0 Å². The molecule has 0 unspecified atom stereocenters. The van der Waals surface area contributed by atoms with Gasteiger partial charge in [0.2, 0.25) is 0 Å². The van der Waals surface area contributed by atoms with Crippen molar-refractivity contribution >= 4 is 18.1 Å². The number of hydrogen-bond donors (Lipinski definition) is 1. The average Bonchev–Trinajstić information content (AvgIpc) is 2.89. The maximum atomic E-state index is 12.4. The van der Waals surface area contributed by atoms with Gasteiger partial charge in [0.25, 0.3) is 5.91 Å². The number of ether oxygens (including phenoxy) is 3. The summed E-state index contributed by atoms with van der Waals surface area (Å²) in [6.45, 7) is 5.42. The van der Waals surface area contributed by atoms with Crippen LogP contribution in [-0.4, -0.2) is 31.3 Å². The molecule has 0 bridgehead atoms. The second-order valence-corrected chi connectivity index (χ2v) is 7.76. The van der Waals surface area contributed by atoms with Gasteiger partial charge in [0.05, 0.1) is 25.0 Å². The number of hydrogen-bond acceptors (Lipinski definition) is 6. The number of nitrogens with zero attached hydrogens (tertiary/aromatic N) is 1. The lowest BCUT2D eigenvalue weighted by Crippen LogP contribution is -2.17. The van der Waals surface area contributed by atoms with Crippen molar-refractivity contribution in [2.24, 2.45) is 5.10 Å². The van der Waals surface area contributed by atoms with Crippen molar-refractivity contribution in [3.8, 4) is 17.2 Å². The number of carbonyl (C=O) groups excluding carboxylic acids is 2. The van der Waals surface area contributed by atoms with Gasteiger partial charge < -0.3 is 14.2 Å². The molecule has 0 aliphatic carbocycles. The van der Waals surface area contributed by atoms with Crippen LogP contribution in [0.4, 0.5) is 0 Å². The maximum Gasteiger partial charge on any atom is 0.343 e. The van der Waals surface area contributed by atoms with Gasteiger partial charge in [-0.3, -0.25) is 4.79 Å². The Labute approximate surface area is 205 Å². The van der Waals surface area contributed by atoms with E-state index in [0.717, 1.165) is 36.3 Å². The van der Waals surface area contributed by atoms with E-state index in [0.29, 0.717) is 30.1 Å². The average molecular weight is 475 g/mol. The fourth-order valence-electron chi connectivity index (χ4n) is 2.96. The van der Waals surface area contributed by atoms with Crippen LogP contribution in [0.3, 0.4) is 0 Å². The maximum absolute atomic E-state index is 12.4. The highest BCUT2D eigenvalue weighted by atomic mass is 16.5. The third kappa shape index (κ3) is 8.30. The minimum absolute atomic E-state index is 0.323. The van der Waals surface area contributed by atoms with E-state index in [2.05, 4.69) is 17.5 Å². The molecular formula is C28H30N2O5. The molecule has 3 aromatic rings. The van der Waals surface area contributed by atoms with Crippen LogP contribution in [-0.2, 0) is 0 Å². The first-order chi connectivity index (χ1) is 17.1. The molecular weight excluding hydrogens is 444 g/mol. The molecule has 0 aromatic heterocycles. The number of nitrogens with one attached hydrogen (secondary N) is 1.